The van der Waals surface area contributed by atoms with E-state index in [0.29, 0.717) is 25.7 Å². The highest BCUT2D eigenvalue weighted by atomic mass is 32.2. The molecule has 0 unspecified atom stereocenters. The van der Waals surface area contributed by atoms with Crippen molar-refractivity contribution in [3.8, 4) is 0 Å². The molecular weight excluding hydrogens is 496 g/mol. The van der Waals surface area contributed by atoms with E-state index >= 15 is 0 Å². The number of carbonyl (C=O) groups excluding carboxylic acids is 2. The second-order valence-corrected chi connectivity index (χ2v) is 11.0. The SMILES string of the molecule is COS(=O)(=O)c1ccc(CCCC(=O)C(=[N+]=[N-])C(=O)CCCc2ccc(S(=O)(=O)OC)cc2)cc1. The van der Waals surface area contributed by atoms with E-state index in [1.54, 1.807) is 24.3 Å². The number of hydrogen-bond acceptors (Lipinski definition) is 8. The maximum absolute atomic E-state index is 12.3. The van der Waals surface area contributed by atoms with Crippen LogP contribution in [0.1, 0.15) is 36.8 Å². The first-order valence-electron chi connectivity index (χ1n) is 10.6. The third kappa shape index (κ3) is 8.01. The molecule has 0 radical (unpaired) electrons. The van der Waals surface area contributed by atoms with Gasteiger partial charge in [0.25, 0.3) is 20.2 Å². The van der Waals surface area contributed by atoms with E-state index in [2.05, 4.69) is 13.2 Å². The van der Waals surface area contributed by atoms with Crippen molar-refractivity contribution in [3.63, 3.8) is 0 Å². The molecule has 0 N–H and O–H groups in total. The van der Waals surface area contributed by atoms with Gasteiger partial charge >= 0.3 is 5.71 Å². The molecule has 0 aliphatic heterocycles. The van der Waals surface area contributed by atoms with Crippen molar-refractivity contribution in [1.29, 1.82) is 0 Å². The number of benzene rings is 2. The molecule has 0 saturated heterocycles. The highest BCUT2D eigenvalue weighted by Crippen LogP contribution is 2.16. The summed E-state index contributed by atoms with van der Waals surface area (Å²) in [6.07, 6.45) is 1.63. The molecule has 0 fully saturated rings. The maximum Gasteiger partial charge on any atom is 0.400 e. The van der Waals surface area contributed by atoms with E-state index in [4.69, 9.17) is 5.53 Å². The molecule has 0 saturated carbocycles. The highest BCUT2D eigenvalue weighted by Gasteiger charge is 2.27. The van der Waals surface area contributed by atoms with Crippen molar-refractivity contribution < 1.29 is 39.6 Å². The molecule has 0 aromatic heterocycles. The van der Waals surface area contributed by atoms with Gasteiger partial charge in [-0.05, 0) is 61.1 Å². The zero-order valence-corrected chi connectivity index (χ0v) is 21.0. The lowest BCUT2D eigenvalue weighted by molar-refractivity contribution is -0.124. The molecule has 0 bridgehead atoms. The van der Waals surface area contributed by atoms with Crippen molar-refractivity contribution in [2.45, 2.75) is 48.3 Å². The van der Waals surface area contributed by atoms with Crippen LogP contribution in [-0.4, -0.2) is 53.1 Å². The Kier molecular flexibility index (Phi) is 10.2. The number of rotatable bonds is 14. The topological polar surface area (TPSA) is 157 Å². The minimum Gasteiger partial charge on any atom is -0.360 e. The third-order valence-electron chi connectivity index (χ3n) is 5.23. The first kappa shape index (κ1) is 28.2. The zero-order valence-electron chi connectivity index (χ0n) is 19.3. The number of carbonyl (C=O) groups is 2. The van der Waals surface area contributed by atoms with Gasteiger partial charge in [-0.1, -0.05) is 24.3 Å². The van der Waals surface area contributed by atoms with E-state index in [-0.39, 0.29) is 22.6 Å². The smallest absolute Gasteiger partial charge is 0.360 e. The predicted octanol–water partition coefficient (Wildman–Crippen LogP) is 2.51. The fraction of sp³-hybridized carbons (Fsp3) is 0.348. The average Bonchev–Trinajstić information content (AvgIpc) is 2.85. The van der Waals surface area contributed by atoms with Gasteiger partial charge in [0.05, 0.1) is 24.0 Å². The molecule has 0 atom stereocenters. The molecule has 0 spiro atoms. The Bertz CT molecular complexity index is 1210. The van der Waals surface area contributed by atoms with Crippen molar-refractivity contribution in [1.82, 2.24) is 0 Å². The Labute approximate surface area is 204 Å². The van der Waals surface area contributed by atoms with Crippen molar-refractivity contribution in [2.75, 3.05) is 14.2 Å². The highest BCUT2D eigenvalue weighted by molar-refractivity contribution is 7.87. The maximum atomic E-state index is 12.3. The molecule has 188 valence electrons. The molecule has 2 aromatic rings. The third-order valence-corrected chi connectivity index (χ3v) is 7.81. The lowest BCUT2D eigenvalue weighted by Gasteiger charge is -2.04. The van der Waals surface area contributed by atoms with Gasteiger partial charge in [-0.3, -0.25) is 18.0 Å². The summed E-state index contributed by atoms with van der Waals surface area (Å²) in [7, 11) is -5.39. The summed E-state index contributed by atoms with van der Waals surface area (Å²) in [6, 6.07) is 12.1. The monoisotopic (exact) mass is 522 g/mol. The van der Waals surface area contributed by atoms with Gasteiger partial charge < -0.3 is 5.53 Å². The van der Waals surface area contributed by atoms with Crippen molar-refractivity contribution >= 4 is 37.5 Å². The number of hydrogen-bond donors (Lipinski definition) is 0. The first-order valence-corrected chi connectivity index (χ1v) is 13.4. The Morgan fingerprint density at radius 3 is 1.34 bits per heavy atom. The summed E-state index contributed by atoms with van der Waals surface area (Å²) in [4.78, 5) is 27.6. The molecule has 2 rings (SSSR count). The van der Waals surface area contributed by atoms with E-state index < -0.39 is 37.5 Å². The minimum atomic E-state index is -3.77. The van der Waals surface area contributed by atoms with Crippen LogP contribution in [0.3, 0.4) is 0 Å². The molecule has 0 heterocycles. The zero-order chi connectivity index (χ0) is 26.1. The van der Waals surface area contributed by atoms with Crippen LogP contribution < -0.4 is 0 Å². The Morgan fingerprint density at radius 1 is 0.714 bits per heavy atom. The Balaban J connectivity index is 1.82. The average molecular weight is 523 g/mol. The van der Waals surface area contributed by atoms with E-state index in [1.807, 2.05) is 0 Å². The van der Waals surface area contributed by atoms with Crippen LogP contribution in [0.15, 0.2) is 58.3 Å². The first-order chi connectivity index (χ1) is 16.5. The normalized spacial score (nSPS) is 11.6. The Hall–Kier alpha value is -3.02. The minimum absolute atomic E-state index is 0.0152. The molecule has 10 nitrogen and oxygen atoms in total. The molecule has 0 aliphatic rings. The van der Waals surface area contributed by atoms with Gasteiger partial charge in [0.15, 0.2) is 0 Å². The number of nitrogens with zero attached hydrogens (tertiary/aromatic N) is 2. The quantitative estimate of drug-likeness (QED) is 0.120. The van der Waals surface area contributed by atoms with Crippen LogP contribution in [0, 0.1) is 0 Å². The van der Waals surface area contributed by atoms with Gasteiger partial charge in [0.1, 0.15) is 0 Å². The van der Waals surface area contributed by atoms with Gasteiger partial charge in [-0.15, -0.1) is 0 Å². The van der Waals surface area contributed by atoms with Gasteiger partial charge in [-0.2, -0.15) is 21.6 Å². The van der Waals surface area contributed by atoms with E-state index in [1.165, 1.54) is 24.3 Å². The molecule has 0 amide bonds. The summed E-state index contributed by atoms with van der Waals surface area (Å²) in [5.41, 5.74) is 10.3. The molecule has 35 heavy (non-hydrogen) atoms. The summed E-state index contributed by atoms with van der Waals surface area (Å²) in [5, 5.41) is 0. The largest absolute Gasteiger partial charge is 0.400 e. The van der Waals surface area contributed by atoms with Crippen LogP contribution in [0.25, 0.3) is 5.53 Å². The molecule has 0 aliphatic carbocycles. The lowest BCUT2D eigenvalue weighted by Crippen LogP contribution is -2.25. The standard InChI is InChI=1S/C23H26N2O8S2/c1-32-34(28,29)19-13-9-17(10-14-19)5-3-7-21(26)23(25-24)22(27)8-4-6-18-11-15-20(16-12-18)35(30,31)33-2/h9-16H,3-8H2,1-2H3. The Morgan fingerprint density at radius 2 is 1.06 bits per heavy atom. The van der Waals surface area contributed by atoms with Crippen LogP contribution in [-0.2, 0) is 51.0 Å². The van der Waals surface area contributed by atoms with Crippen LogP contribution in [0.4, 0.5) is 0 Å². The number of ketones is 2. The fourth-order valence-corrected chi connectivity index (χ4v) is 4.57. The number of aryl methyl sites for hydroxylation is 2. The second kappa shape index (κ2) is 12.6. The summed E-state index contributed by atoms with van der Waals surface area (Å²) < 4.78 is 55.5. The van der Waals surface area contributed by atoms with E-state index in [9.17, 15) is 26.4 Å². The van der Waals surface area contributed by atoms with Crippen LogP contribution in [0.2, 0.25) is 0 Å². The molecule has 12 heteroatoms. The van der Waals surface area contributed by atoms with E-state index in [0.717, 1.165) is 25.3 Å². The fourth-order valence-electron chi connectivity index (χ4n) is 3.25. The molecule has 2 aromatic carbocycles. The lowest BCUT2D eigenvalue weighted by atomic mass is 9.99. The van der Waals surface area contributed by atoms with Gasteiger partial charge in [0, 0.05) is 12.8 Å². The van der Waals surface area contributed by atoms with Crippen molar-refractivity contribution in [3.05, 3.63) is 65.2 Å². The summed E-state index contributed by atoms with van der Waals surface area (Å²) in [6.45, 7) is 0. The summed E-state index contributed by atoms with van der Waals surface area (Å²) in [5.74, 6) is -1.16. The van der Waals surface area contributed by atoms with Crippen molar-refractivity contribution in [2.24, 2.45) is 0 Å². The summed E-state index contributed by atoms with van der Waals surface area (Å²) >= 11 is 0. The molecular formula is C23H26N2O8S2. The van der Waals surface area contributed by atoms with Crippen LogP contribution in [0.5, 0.6) is 0 Å². The second-order valence-electron chi connectivity index (χ2n) is 7.53. The van der Waals surface area contributed by atoms with Gasteiger partial charge in [-0.25, -0.2) is 0 Å². The van der Waals surface area contributed by atoms with Gasteiger partial charge in [0.2, 0.25) is 11.6 Å². The predicted molar refractivity (Wildman–Crippen MR) is 126 cm³/mol. The number of Topliss-reactive ketones (excluding diaryl/α,β-unsaturated/α-hetero) is 2. The van der Waals surface area contributed by atoms with Crippen LogP contribution >= 0.6 is 0 Å².